The summed E-state index contributed by atoms with van der Waals surface area (Å²) in [5.74, 6) is -0.747. The van der Waals surface area contributed by atoms with Crippen LogP contribution in [0.15, 0.2) is 65.8 Å². The number of hydrazone groups is 1. The van der Waals surface area contributed by atoms with E-state index in [0.29, 0.717) is 56.0 Å². The van der Waals surface area contributed by atoms with Crippen molar-refractivity contribution < 1.29 is 28.6 Å². The van der Waals surface area contributed by atoms with Crippen molar-refractivity contribution in [1.29, 1.82) is 0 Å². The second kappa shape index (κ2) is 16.4. The van der Waals surface area contributed by atoms with Crippen molar-refractivity contribution in [1.82, 2.24) is 5.43 Å². The molecule has 0 bridgehead atoms. The number of carbonyl (C=O) groups excluding carboxylic acids is 3. The molecule has 0 saturated heterocycles. The van der Waals surface area contributed by atoms with Gasteiger partial charge in [-0.1, -0.05) is 37.1 Å². The summed E-state index contributed by atoms with van der Waals surface area (Å²) in [6.45, 7) is 4.59. The van der Waals surface area contributed by atoms with Gasteiger partial charge in [-0.05, 0) is 90.0 Å². The Morgan fingerprint density at radius 1 is 0.951 bits per heavy atom. The van der Waals surface area contributed by atoms with Crippen LogP contribution < -0.4 is 30.3 Å². The molecule has 3 aromatic rings. The van der Waals surface area contributed by atoms with Crippen LogP contribution in [-0.4, -0.2) is 43.8 Å². The molecule has 3 amide bonds. The lowest BCUT2D eigenvalue weighted by Crippen LogP contribution is -2.32. The van der Waals surface area contributed by atoms with Gasteiger partial charge in [0.15, 0.2) is 18.1 Å². The summed E-state index contributed by atoms with van der Waals surface area (Å²) in [6.07, 6.45) is 3.35. The molecular weight excluding hydrogens is 663 g/mol. The van der Waals surface area contributed by atoms with Gasteiger partial charge in [0.2, 0.25) is 0 Å². The van der Waals surface area contributed by atoms with E-state index in [1.165, 1.54) is 6.21 Å². The molecule has 0 heterocycles. The highest BCUT2D eigenvalue weighted by molar-refractivity contribution is 14.1. The quantitative estimate of drug-likeness (QED) is 0.0701. The Hall–Kier alpha value is -3.84. The van der Waals surface area contributed by atoms with Crippen LogP contribution in [0.2, 0.25) is 5.02 Å². The zero-order valence-corrected chi connectivity index (χ0v) is 25.5. The molecule has 0 fully saturated rings. The average molecular weight is 693 g/mol. The van der Waals surface area contributed by atoms with Crippen LogP contribution in [0.1, 0.15) is 32.3 Å². The number of nitrogens with zero attached hydrogens (tertiary/aromatic N) is 1. The van der Waals surface area contributed by atoms with E-state index in [1.54, 1.807) is 60.7 Å². The predicted octanol–water partition coefficient (Wildman–Crippen LogP) is 5.63. The minimum absolute atomic E-state index is 0.269. The summed E-state index contributed by atoms with van der Waals surface area (Å²) in [5, 5.41) is 9.51. The maximum absolute atomic E-state index is 12.4. The second-order valence-electron chi connectivity index (χ2n) is 8.46. The third-order valence-corrected chi connectivity index (χ3v) is 6.42. The number of para-hydroxylation sites is 1. The topological polar surface area (TPSA) is 127 Å². The largest absolute Gasteiger partial charge is 0.494 e. The zero-order valence-electron chi connectivity index (χ0n) is 22.5. The Labute approximate surface area is 256 Å². The van der Waals surface area contributed by atoms with E-state index in [2.05, 4.69) is 28.1 Å². The first-order valence-corrected chi connectivity index (χ1v) is 14.3. The molecule has 0 atom stereocenters. The van der Waals surface area contributed by atoms with Gasteiger partial charge in [0, 0.05) is 5.69 Å². The number of rotatable bonds is 13. The first-order valence-electron chi connectivity index (χ1n) is 12.8. The van der Waals surface area contributed by atoms with Crippen LogP contribution in [0, 0.1) is 3.57 Å². The number of nitrogens with one attached hydrogen (secondary N) is 3. The van der Waals surface area contributed by atoms with Crippen molar-refractivity contribution in [3.8, 4) is 17.2 Å². The minimum atomic E-state index is -0.936. The third-order valence-electron chi connectivity index (χ3n) is 5.29. The van der Waals surface area contributed by atoms with Gasteiger partial charge in [0.25, 0.3) is 5.91 Å². The van der Waals surface area contributed by atoms with Crippen LogP contribution in [0.5, 0.6) is 17.2 Å². The van der Waals surface area contributed by atoms with E-state index < -0.39 is 11.8 Å². The molecule has 0 saturated carbocycles. The third kappa shape index (κ3) is 10.3. The molecule has 41 heavy (non-hydrogen) atoms. The smallest absolute Gasteiger partial charge is 0.329 e. The van der Waals surface area contributed by atoms with E-state index in [0.717, 1.165) is 12.8 Å². The minimum Gasteiger partial charge on any atom is -0.494 e. The molecule has 216 valence electrons. The van der Waals surface area contributed by atoms with Crippen LogP contribution in [0.25, 0.3) is 0 Å². The number of ether oxygens (including phenoxy) is 3. The molecule has 0 spiro atoms. The number of unbranched alkanes of at least 4 members (excludes halogenated alkanes) is 1. The molecule has 0 radical (unpaired) electrons. The molecular formula is C29H30ClIN4O6. The number of carbonyl (C=O) groups is 3. The Bertz CT molecular complexity index is 1380. The Kier molecular flexibility index (Phi) is 12.7. The van der Waals surface area contributed by atoms with Gasteiger partial charge >= 0.3 is 11.8 Å². The summed E-state index contributed by atoms with van der Waals surface area (Å²) >= 11 is 8.14. The summed E-state index contributed by atoms with van der Waals surface area (Å²) < 4.78 is 17.7. The summed E-state index contributed by atoms with van der Waals surface area (Å²) in [4.78, 5) is 36.8. The standard InChI is InChI=1S/C29H30ClIN4O6/c1-3-5-14-40-21-12-10-20(11-13-21)33-28(37)29(38)35-32-17-19-15-23(31)27(25(16-19)39-4-2)41-18-26(36)34-24-9-7-6-8-22(24)30/h6-13,15-17H,3-5,14,18H2,1-2H3,(H,33,37)(H,34,36)(H,35,38)/b32-17-. The van der Waals surface area contributed by atoms with Gasteiger partial charge in [-0.25, -0.2) is 5.43 Å². The number of halogens is 2. The first kappa shape index (κ1) is 31.7. The van der Waals surface area contributed by atoms with E-state index in [4.69, 9.17) is 25.8 Å². The van der Waals surface area contributed by atoms with E-state index >= 15 is 0 Å². The lowest BCUT2D eigenvalue weighted by Gasteiger charge is -2.15. The number of hydrogen-bond donors (Lipinski definition) is 3. The number of benzene rings is 3. The zero-order chi connectivity index (χ0) is 29.6. The van der Waals surface area contributed by atoms with Crippen molar-refractivity contribution in [2.45, 2.75) is 26.7 Å². The highest BCUT2D eigenvalue weighted by Crippen LogP contribution is 2.34. The van der Waals surface area contributed by atoms with Gasteiger partial charge in [0.05, 0.1) is 33.7 Å². The van der Waals surface area contributed by atoms with Crippen molar-refractivity contribution in [3.63, 3.8) is 0 Å². The lowest BCUT2D eigenvalue weighted by molar-refractivity contribution is -0.136. The van der Waals surface area contributed by atoms with Gasteiger partial charge in [0.1, 0.15) is 5.75 Å². The maximum atomic E-state index is 12.4. The number of hydrogen-bond acceptors (Lipinski definition) is 7. The van der Waals surface area contributed by atoms with E-state index in [1.807, 2.05) is 29.5 Å². The van der Waals surface area contributed by atoms with Crippen molar-refractivity contribution in [2.24, 2.45) is 5.10 Å². The molecule has 0 aliphatic heterocycles. The van der Waals surface area contributed by atoms with Crippen LogP contribution in [0.3, 0.4) is 0 Å². The summed E-state index contributed by atoms with van der Waals surface area (Å²) in [6, 6.07) is 17.0. The SMILES string of the molecule is CCCCOc1ccc(NC(=O)C(=O)N/N=C\c2cc(I)c(OCC(=O)Nc3ccccc3Cl)c(OCC)c2)cc1. The van der Waals surface area contributed by atoms with Crippen molar-refractivity contribution in [2.75, 3.05) is 30.5 Å². The van der Waals surface area contributed by atoms with Gasteiger partial charge < -0.3 is 24.8 Å². The predicted molar refractivity (Wildman–Crippen MR) is 167 cm³/mol. The normalized spacial score (nSPS) is 10.6. The fourth-order valence-corrected chi connectivity index (χ4v) is 4.29. The fraction of sp³-hybridized carbons (Fsp3) is 0.241. The maximum Gasteiger partial charge on any atom is 0.329 e. The Balaban J connectivity index is 1.56. The van der Waals surface area contributed by atoms with Crippen molar-refractivity contribution in [3.05, 3.63) is 74.8 Å². The second-order valence-corrected chi connectivity index (χ2v) is 10.0. The van der Waals surface area contributed by atoms with Gasteiger partial charge in [-0.3, -0.25) is 14.4 Å². The van der Waals surface area contributed by atoms with Crippen molar-refractivity contribution >= 4 is 69.5 Å². The number of anilines is 2. The molecule has 3 rings (SSSR count). The van der Waals surface area contributed by atoms with E-state index in [9.17, 15) is 14.4 Å². The molecule has 10 nitrogen and oxygen atoms in total. The van der Waals surface area contributed by atoms with Gasteiger partial charge in [-0.15, -0.1) is 0 Å². The van der Waals surface area contributed by atoms with Crippen LogP contribution >= 0.6 is 34.2 Å². The fourth-order valence-electron chi connectivity index (χ4n) is 3.32. The molecule has 12 heteroatoms. The van der Waals surface area contributed by atoms with Crippen LogP contribution in [0.4, 0.5) is 11.4 Å². The molecule has 0 aromatic heterocycles. The molecule has 0 aliphatic carbocycles. The molecule has 3 N–H and O–H groups in total. The highest BCUT2D eigenvalue weighted by Gasteiger charge is 2.16. The molecule has 0 unspecified atom stereocenters. The van der Waals surface area contributed by atoms with Crippen LogP contribution in [-0.2, 0) is 14.4 Å². The van der Waals surface area contributed by atoms with E-state index in [-0.39, 0.29) is 12.5 Å². The highest BCUT2D eigenvalue weighted by atomic mass is 127. The monoisotopic (exact) mass is 692 g/mol. The summed E-state index contributed by atoms with van der Waals surface area (Å²) in [7, 11) is 0. The molecule has 0 aliphatic rings. The Morgan fingerprint density at radius 3 is 2.41 bits per heavy atom. The number of amides is 3. The Morgan fingerprint density at radius 2 is 1.71 bits per heavy atom. The van der Waals surface area contributed by atoms with Gasteiger partial charge in [-0.2, -0.15) is 5.10 Å². The summed E-state index contributed by atoms with van der Waals surface area (Å²) in [5.41, 5.74) is 3.71. The average Bonchev–Trinajstić information content (AvgIpc) is 2.95. The first-order chi connectivity index (χ1) is 19.8. The molecule has 3 aromatic carbocycles. The lowest BCUT2D eigenvalue weighted by atomic mass is 10.2.